The molecule has 0 radical (unpaired) electrons. The summed E-state index contributed by atoms with van der Waals surface area (Å²) >= 11 is 0. The highest BCUT2D eigenvalue weighted by atomic mass is 16.7. The van der Waals surface area contributed by atoms with E-state index < -0.39 is 54.9 Å². The van der Waals surface area contributed by atoms with Gasteiger partial charge in [0.2, 0.25) is 0 Å². The summed E-state index contributed by atoms with van der Waals surface area (Å²) in [6.45, 7) is 3.19. The Morgan fingerprint density at radius 1 is 1.20 bits per heavy atom. The maximum absolute atomic E-state index is 12.2. The SMILES string of the molecule is C[C@H]1C(=O)O[C@@H]2[C@H]1C[C@@H](O)[C@]1(C)C=CC=C(CO[C@@H]3O[C@H](CO)[C@@H](O)[C@H](O)[C@H]3O)[C@@H]21. The molecule has 9 nitrogen and oxygen atoms in total. The number of fused-ring (bicyclic) bond motifs is 3. The zero-order valence-corrected chi connectivity index (χ0v) is 17.0. The van der Waals surface area contributed by atoms with E-state index in [2.05, 4.69) is 0 Å². The third-order valence-corrected chi connectivity index (χ3v) is 7.33. The van der Waals surface area contributed by atoms with Crippen LogP contribution in [0.15, 0.2) is 23.8 Å². The van der Waals surface area contributed by atoms with E-state index in [0.29, 0.717) is 6.42 Å². The largest absolute Gasteiger partial charge is 0.461 e. The van der Waals surface area contributed by atoms with Gasteiger partial charge in [0.15, 0.2) is 6.29 Å². The van der Waals surface area contributed by atoms with Gasteiger partial charge in [-0.1, -0.05) is 32.1 Å². The van der Waals surface area contributed by atoms with Crippen LogP contribution in [0.25, 0.3) is 0 Å². The third kappa shape index (κ3) is 3.33. The smallest absolute Gasteiger partial charge is 0.309 e. The first-order valence-electron chi connectivity index (χ1n) is 10.4. The van der Waals surface area contributed by atoms with E-state index in [1.807, 2.05) is 32.1 Å². The maximum atomic E-state index is 12.2. The van der Waals surface area contributed by atoms with Gasteiger partial charge < -0.3 is 39.7 Å². The molecule has 3 fully saturated rings. The fourth-order valence-electron chi connectivity index (χ4n) is 5.34. The number of carbonyl (C=O) groups excluding carboxylic acids is 1. The Hall–Kier alpha value is -1.33. The van der Waals surface area contributed by atoms with E-state index >= 15 is 0 Å². The molecule has 0 aromatic rings. The van der Waals surface area contributed by atoms with Crippen LogP contribution in [0.2, 0.25) is 0 Å². The predicted octanol–water partition coefficient (Wildman–Crippen LogP) is -1.14. The lowest BCUT2D eigenvalue weighted by atomic mass is 9.56. The van der Waals surface area contributed by atoms with Crippen molar-refractivity contribution in [1.29, 1.82) is 0 Å². The molecule has 1 saturated carbocycles. The summed E-state index contributed by atoms with van der Waals surface area (Å²) in [6, 6.07) is 0. The van der Waals surface area contributed by atoms with Gasteiger partial charge in [0.25, 0.3) is 0 Å². The van der Waals surface area contributed by atoms with Crippen LogP contribution in [-0.4, -0.2) is 87.6 Å². The number of esters is 1. The van der Waals surface area contributed by atoms with Crippen LogP contribution in [0.1, 0.15) is 20.3 Å². The van der Waals surface area contributed by atoms with Crippen LogP contribution in [0.5, 0.6) is 0 Å². The van der Waals surface area contributed by atoms with Gasteiger partial charge in [0.05, 0.1) is 25.2 Å². The molecular formula is C21H30O9. The summed E-state index contributed by atoms with van der Waals surface area (Å²) in [5.41, 5.74) is 0.126. The number of hydrogen-bond acceptors (Lipinski definition) is 9. The molecule has 2 aliphatic carbocycles. The van der Waals surface area contributed by atoms with Crippen LogP contribution >= 0.6 is 0 Å². The number of aliphatic hydroxyl groups is 5. The normalized spacial score (nSPS) is 50.5. The molecule has 4 rings (SSSR count). The summed E-state index contributed by atoms with van der Waals surface area (Å²) in [7, 11) is 0. The molecular weight excluding hydrogens is 396 g/mol. The van der Waals surface area contributed by atoms with Crippen molar-refractivity contribution >= 4 is 5.97 Å². The Balaban J connectivity index is 1.53. The summed E-state index contributed by atoms with van der Waals surface area (Å²) in [5, 5.41) is 50.3. The quantitative estimate of drug-likeness (QED) is 0.352. The highest BCUT2D eigenvalue weighted by molar-refractivity contribution is 5.75. The van der Waals surface area contributed by atoms with Crippen molar-refractivity contribution < 1.29 is 44.5 Å². The standard InChI is InChI=1S/C21H30O9/c1-9-11-6-13(23)21(2)5-3-4-10(14(21)18(11)30-19(9)27)8-28-20-17(26)16(25)15(24)12(7-22)29-20/h3-5,9,11-18,20,22-26H,6-8H2,1-2H3/t9-,11+,12-,13-,14+,15-,16+,17-,18-,20-,21+/m1/s1. The molecule has 30 heavy (non-hydrogen) atoms. The second-order valence-corrected chi connectivity index (χ2v) is 9.06. The number of ether oxygens (including phenoxy) is 3. The lowest BCUT2D eigenvalue weighted by Crippen LogP contribution is -2.59. The summed E-state index contributed by atoms with van der Waals surface area (Å²) in [6.07, 6.45) is -1.80. The average molecular weight is 426 g/mol. The third-order valence-electron chi connectivity index (χ3n) is 7.33. The minimum absolute atomic E-state index is 0.00480. The van der Waals surface area contributed by atoms with Gasteiger partial charge in [0, 0.05) is 17.3 Å². The van der Waals surface area contributed by atoms with E-state index in [9.17, 15) is 30.3 Å². The van der Waals surface area contributed by atoms with E-state index in [4.69, 9.17) is 14.2 Å². The zero-order chi connectivity index (χ0) is 21.8. The lowest BCUT2D eigenvalue weighted by Gasteiger charge is -2.50. The first-order valence-corrected chi connectivity index (χ1v) is 10.4. The zero-order valence-electron chi connectivity index (χ0n) is 17.0. The van der Waals surface area contributed by atoms with Crippen molar-refractivity contribution in [3.8, 4) is 0 Å². The monoisotopic (exact) mass is 426 g/mol. The average Bonchev–Trinajstić information content (AvgIpc) is 2.99. The molecule has 2 aliphatic heterocycles. The highest BCUT2D eigenvalue weighted by Gasteiger charge is 2.59. The summed E-state index contributed by atoms with van der Waals surface area (Å²) in [5.74, 6) is -0.985. The van der Waals surface area contributed by atoms with Crippen molar-refractivity contribution in [2.24, 2.45) is 23.2 Å². The van der Waals surface area contributed by atoms with Crippen molar-refractivity contribution in [2.75, 3.05) is 13.2 Å². The van der Waals surface area contributed by atoms with Gasteiger partial charge in [-0.2, -0.15) is 0 Å². The highest BCUT2D eigenvalue weighted by Crippen LogP contribution is 2.54. The molecule has 0 bridgehead atoms. The van der Waals surface area contributed by atoms with Crippen LogP contribution in [0.4, 0.5) is 0 Å². The molecule has 0 aromatic heterocycles. The van der Waals surface area contributed by atoms with Gasteiger partial charge in [0.1, 0.15) is 30.5 Å². The van der Waals surface area contributed by atoms with Crippen LogP contribution < -0.4 is 0 Å². The minimum Gasteiger partial charge on any atom is -0.461 e. The molecule has 4 aliphatic rings. The summed E-state index contributed by atoms with van der Waals surface area (Å²) in [4.78, 5) is 12.2. The van der Waals surface area contributed by atoms with Crippen molar-refractivity contribution in [2.45, 2.75) is 63.2 Å². The Morgan fingerprint density at radius 3 is 2.63 bits per heavy atom. The molecule has 168 valence electrons. The van der Waals surface area contributed by atoms with Gasteiger partial charge in [-0.25, -0.2) is 0 Å². The fourth-order valence-corrected chi connectivity index (χ4v) is 5.34. The molecule has 0 amide bonds. The molecule has 9 heteroatoms. The van der Waals surface area contributed by atoms with Gasteiger partial charge >= 0.3 is 5.97 Å². The molecule has 5 N–H and O–H groups in total. The summed E-state index contributed by atoms with van der Waals surface area (Å²) < 4.78 is 16.9. The van der Waals surface area contributed by atoms with Crippen molar-refractivity contribution in [3.63, 3.8) is 0 Å². The van der Waals surface area contributed by atoms with Crippen LogP contribution in [0, 0.1) is 23.2 Å². The molecule has 0 aromatic carbocycles. The number of aliphatic hydroxyl groups excluding tert-OH is 5. The number of allylic oxidation sites excluding steroid dienone is 2. The number of rotatable bonds is 4. The topological polar surface area (TPSA) is 146 Å². The Morgan fingerprint density at radius 2 is 1.93 bits per heavy atom. The first-order chi connectivity index (χ1) is 14.2. The van der Waals surface area contributed by atoms with Gasteiger partial charge in [-0.3, -0.25) is 4.79 Å². The Bertz CT molecular complexity index is 734. The fraction of sp³-hybridized carbons (Fsp3) is 0.762. The van der Waals surface area contributed by atoms with Crippen molar-refractivity contribution in [1.82, 2.24) is 0 Å². The molecule has 2 saturated heterocycles. The Labute approximate surface area is 174 Å². The predicted molar refractivity (Wildman–Crippen MR) is 102 cm³/mol. The van der Waals surface area contributed by atoms with Crippen LogP contribution in [0.3, 0.4) is 0 Å². The molecule has 2 heterocycles. The number of carbonyl (C=O) groups is 1. The molecule has 0 spiro atoms. The lowest BCUT2D eigenvalue weighted by molar-refractivity contribution is -0.299. The number of hydrogen-bond donors (Lipinski definition) is 5. The van der Waals surface area contributed by atoms with E-state index in [1.165, 1.54) is 0 Å². The van der Waals surface area contributed by atoms with Gasteiger partial charge in [-0.05, 0) is 12.0 Å². The first kappa shape index (κ1) is 21.9. The van der Waals surface area contributed by atoms with Crippen molar-refractivity contribution in [3.05, 3.63) is 23.8 Å². The van der Waals surface area contributed by atoms with Gasteiger partial charge in [-0.15, -0.1) is 0 Å². The van der Waals surface area contributed by atoms with E-state index in [1.54, 1.807) is 0 Å². The Kier molecular flexibility index (Phi) is 5.82. The second-order valence-electron chi connectivity index (χ2n) is 9.06. The van der Waals surface area contributed by atoms with Crippen LogP contribution in [-0.2, 0) is 19.0 Å². The minimum atomic E-state index is -1.52. The van der Waals surface area contributed by atoms with E-state index in [0.717, 1.165) is 5.57 Å². The molecule has 11 atom stereocenters. The molecule has 0 unspecified atom stereocenters. The maximum Gasteiger partial charge on any atom is 0.309 e. The second kappa shape index (κ2) is 7.98. The van der Waals surface area contributed by atoms with E-state index in [-0.39, 0.29) is 30.3 Å².